The summed E-state index contributed by atoms with van der Waals surface area (Å²) in [6, 6.07) is 13.6. The van der Waals surface area contributed by atoms with Crippen LogP contribution in [-0.2, 0) is 4.29 Å². The van der Waals surface area contributed by atoms with Crippen molar-refractivity contribution in [2.45, 2.75) is 4.29 Å². The van der Waals surface area contributed by atoms with E-state index in [1.807, 2.05) is 18.2 Å². The second-order valence-corrected chi connectivity index (χ2v) is 17.2. The molecule has 0 heterocycles. The molecule has 0 nitrogen and oxygen atoms in total. The van der Waals surface area contributed by atoms with Crippen molar-refractivity contribution >= 4 is 106 Å². The Morgan fingerprint density at radius 3 is 2.00 bits per heavy atom. The lowest BCUT2D eigenvalue weighted by atomic mass is 10.0. The first-order valence-corrected chi connectivity index (χ1v) is 9.55. The van der Waals surface area contributed by atoms with Crippen molar-refractivity contribution in [3.05, 3.63) is 47.5 Å². The lowest BCUT2D eigenvalue weighted by molar-refractivity contribution is 1.24. The van der Waals surface area contributed by atoms with Crippen molar-refractivity contribution in [3.8, 4) is 0 Å². The van der Waals surface area contributed by atoms with Gasteiger partial charge in [0.1, 0.15) is 0 Å². The van der Waals surface area contributed by atoms with Gasteiger partial charge < -0.3 is 0 Å². The number of rotatable bonds is 0. The minimum Gasteiger partial charge on any atom is -0.0616 e. The third-order valence-corrected chi connectivity index (χ3v) is 4.85. The average molecular weight is 629 g/mol. The van der Waals surface area contributed by atoms with E-state index in [0.717, 1.165) is 21.9 Å². The van der Waals surface area contributed by atoms with Gasteiger partial charge in [-0.2, -0.15) is 0 Å². The van der Waals surface area contributed by atoms with Crippen molar-refractivity contribution in [3.63, 3.8) is 0 Å². The third-order valence-electron chi connectivity index (χ3n) is 2.38. The Bertz CT molecular complexity index is 527. The Hall–Kier alpha value is 1.58. The highest BCUT2D eigenvalue weighted by Gasteiger charge is 2.33. The zero-order valence-corrected chi connectivity index (χ0v) is 18.2. The second kappa shape index (κ2) is 5.76. The largest absolute Gasteiger partial charge is 0.160 e. The summed E-state index contributed by atoms with van der Waals surface area (Å²) in [4.78, 5) is 0. The minimum absolute atomic E-state index is 0.497. The van der Waals surface area contributed by atoms with Crippen LogP contribution in [0.5, 0.6) is 0 Å². The van der Waals surface area contributed by atoms with Gasteiger partial charge in [-0.25, -0.2) is 0 Å². The van der Waals surface area contributed by atoms with E-state index in [9.17, 15) is 0 Å². The zero-order chi connectivity index (χ0) is 13.6. The Balaban J connectivity index is 2.81. The summed E-state index contributed by atoms with van der Waals surface area (Å²) in [5.41, 5.74) is 1.97. The predicted molar refractivity (Wildman–Crippen MR) is 99.7 cm³/mol. The summed E-state index contributed by atoms with van der Waals surface area (Å²) in [5.74, 6) is 0. The smallest absolute Gasteiger partial charge is 0.0616 e. The molecular weight excluding hydrogens is 624 g/mol. The van der Waals surface area contributed by atoms with Crippen LogP contribution in [-0.4, -0.2) is 0 Å². The van der Waals surface area contributed by atoms with Crippen LogP contribution in [0.4, 0.5) is 0 Å². The van der Waals surface area contributed by atoms with Crippen molar-refractivity contribution in [2.75, 3.05) is 0 Å². The van der Waals surface area contributed by atoms with Crippen LogP contribution in [0.1, 0.15) is 11.1 Å². The topological polar surface area (TPSA) is 0 Å². The Kier molecular flexibility index (Phi) is 5.11. The summed E-state index contributed by atoms with van der Waals surface area (Å²) in [7, 11) is 0. The van der Waals surface area contributed by atoms with E-state index in [1.165, 1.54) is 0 Å². The molecule has 0 aliphatic rings. The lowest BCUT2D eigenvalue weighted by Gasteiger charge is -2.23. The average Bonchev–Trinajstić information content (AvgIpc) is 2.25. The number of fused-ring (bicyclic) bond motifs is 1. The van der Waals surface area contributed by atoms with E-state index < -0.39 is 4.29 Å². The predicted octanol–water partition coefficient (Wildman–Crippen LogP) is 7.23. The highest BCUT2D eigenvalue weighted by molar-refractivity contribution is 9.39. The molecule has 0 amide bonds. The van der Waals surface area contributed by atoms with Crippen LogP contribution in [0.2, 0.25) is 0 Å². The van der Waals surface area contributed by atoms with E-state index in [4.69, 9.17) is 0 Å². The van der Waals surface area contributed by atoms with E-state index in [0.29, 0.717) is 0 Å². The van der Waals surface area contributed by atoms with Crippen molar-refractivity contribution < 1.29 is 0 Å². The van der Waals surface area contributed by atoms with Gasteiger partial charge in [-0.3, -0.25) is 0 Å². The molecule has 0 unspecified atom stereocenters. The molecule has 6 heteroatoms. The van der Waals surface area contributed by atoms with Crippen molar-refractivity contribution in [2.24, 2.45) is 0 Å². The van der Waals surface area contributed by atoms with E-state index in [2.05, 4.69) is 114 Å². The van der Waals surface area contributed by atoms with E-state index >= 15 is 0 Å². The Morgan fingerprint density at radius 2 is 1.44 bits per heavy atom. The minimum atomic E-state index is -0.521. The normalized spacial score (nSPS) is 13.0. The highest BCUT2D eigenvalue weighted by Crippen LogP contribution is 2.53. The molecule has 0 bridgehead atoms. The fraction of sp³-hybridized carbons (Fsp3) is 0.167. The summed E-state index contributed by atoms with van der Waals surface area (Å²) < 4.78 is -1.02. The van der Waals surface area contributed by atoms with Gasteiger partial charge >= 0.3 is 0 Å². The number of hydrogen-bond donors (Lipinski definition) is 0. The van der Waals surface area contributed by atoms with Gasteiger partial charge in [0.2, 0.25) is 0 Å². The molecule has 0 saturated heterocycles. The molecule has 2 aromatic rings. The molecule has 0 aromatic heterocycles. The number of benzene rings is 2. The van der Waals surface area contributed by atoms with Crippen LogP contribution in [0.15, 0.2) is 30.3 Å². The summed E-state index contributed by atoms with van der Waals surface area (Å²) in [6.45, 7) is 0. The van der Waals surface area contributed by atoms with E-state index in [-0.39, 0.29) is 0 Å². The quantitative estimate of drug-likeness (QED) is 0.270. The maximum absolute atomic E-state index is 3.57. The standard InChI is InChI=1S/C12H5Br6/c13-11(14,15)9-5-7-3-1-2-4-8(7)6-10(9)12(16,17)18/h1-5H. The molecule has 95 valence electrons. The van der Waals surface area contributed by atoms with Crippen LogP contribution in [0, 0.1) is 6.07 Å². The van der Waals surface area contributed by atoms with Gasteiger partial charge in [-0.1, -0.05) is 120 Å². The molecule has 2 rings (SSSR count). The van der Waals surface area contributed by atoms with Gasteiger partial charge in [0.05, 0.1) is 0 Å². The maximum Gasteiger partial charge on any atom is 0.160 e. The first kappa shape index (κ1) is 16.0. The number of halogens is 6. The van der Waals surface area contributed by atoms with Gasteiger partial charge in [0.25, 0.3) is 0 Å². The second-order valence-electron chi connectivity index (χ2n) is 3.64. The van der Waals surface area contributed by atoms with Crippen LogP contribution in [0.25, 0.3) is 10.8 Å². The highest BCUT2D eigenvalue weighted by atomic mass is 80.0. The van der Waals surface area contributed by atoms with Gasteiger partial charge in [-0.15, -0.1) is 0 Å². The van der Waals surface area contributed by atoms with Gasteiger partial charge in [0.15, 0.2) is 4.29 Å². The molecule has 2 aromatic carbocycles. The fourth-order valence-corrected chi connectivity index (χ4v) is 3.49. The maximum atomic E-state index is 3.57. The van der Waals surface area contributed by atoms with Crippen LogP contribution in [0.3, 0.4) is 0 Å². The molecule has 0 aliphatic carbocycles. The molecule has 0 fully saturated rings. The number of alkyl halides is 6. The van der Waals surface area contributed by atoms with E-state index in [1.54, 1.807) is 0 Å². The fourth-order valence-electron chi connectivity index (χ4n) is 1.61. The molecule has 0 N–H and O–H groups in total. The van der Waals surface area contributed by atoms with Crippen molar-refractivity contribution in [1.29, 1.82) is 0 Å². The molecule has 0 aliphatic heterocycles. The SMILES string of the molecule is BrC(Br)(Br)c1[c]c2ccccc2cc1C(Br)(Br)Br. The summed E-state index contributed by atoms with van der Waals surface area (Å²) in [5, 5.41) is 2.20. The molecule has 0 atom stereocenters. The molecule has 0 saturated carbocycles. The molecule has 1 radical (unpaired) electrons. The third kappa shape index (κ3) is 3.61. The first-order chi connectivity index (χ1) is 8.19. The molecule has 18 heavy (non-hydrogen) atoms. The van der Waals surface area contributed by atoms with Gasteiger partial charge in [-0.05, 0) is 28.5 Å². The van der Waals surface area contributed by atoms with Crippen LogP contribution >= 0.6 is 95.6 Å². The molecular formula is C12H5Br6. The summed E-state index contributed by atoms with van der Waals surface area (Å²) >= 11 is 21.4. The monoisotopic (exact) mass is 623 g/mol. The first-order valence-electron chi connectivity index (χ1n) is 4.79. The summed E-state index contributed by atoms with van der Waals surface area (Å²) in [6.07, 6.45) is 0. The van der Waals surface area contributed by atoms with Gasteiger partial charge in [0, 0.05) is 5.56 Å². The zero-order valence-electron chi connectivity index (χ0n) is 8.65. The lowest BCUT2D eigenvalue weighted by Crippen LogP contribution is -2.10. The Morgan fingerprint density at radius 1 is 0.833 bits per heavy atom. The number of hydrogen-bond acceptors (Lipinski definition) is 0. The van der Waals surface area contributed by atoms with Crippen LogP contribution < -0.4 is 0 Å². The van der Waals surface area contributed by atoms with Crippen molar-refractivity contribution in [1.82, 2.24) is 0 Å². The molecule has 0 spiro atoms. The Labute approximate surface area is 156 Å².